The molecule has 1 aromatic carbocycles. The van der Waals surface area contributed by atoms with Gasteiger partial charge in [-0.2, -0.15) is 0 Å². The lowest BCUT2D eigenvalue weighted by Gasteiger charge is -2.32. The fraction of sp³-hybridized carbons (Fsp3) is 0.375. The minimum absolute atomic E-state index is 0.190. The molecule has 6 heteroatoms. The summed E-state index contributed by atoms with van der Waals surface area (Å²) in [5.74, 6) is -0.280. The first-order chi connectivity index (χ1) is 10.6. The Morgan fingerprint density at radius 2 is 1.86 bits per heavy atom. The van der Waals surface area contributed by atoms with Crippen molar-refractivity contribution in [3.63, 3.8) is 0 Å². The Kier molecular flexibility index (Phi) is 3.85. The summed E-state index contributed by atoms with van der Waals surface area (Å²) in [6.07, 6.45) is 1.65. The first kappa shape index (κ1) is 14.6. The molecule has 0 unspecified atom stereocenters. The van der Waals surface area contributed by atoms with Crippen molar-refractivity contribution in [2.24, 2.45) is 0 Å². The van der Waals surface area contributed by atoms with Gasteiger partial charge >= 0.3 is 0 Å². The van der Waals surface area contributed by atoms with Crippen LogP contribution in [0.4, 0.5) is 0 Å². The Hall–Kier alpha value is -2.34. The molecule has 1 aliphatic rings. The number of aromatic nitrogens is 1. The molecule has 1 saturated heterocycles. The van der Waals surface area contributed by atoms with Gasteiger partial charge in [0.05, 0.1) is 31.8 Å². The van der Waals surface area contributed by atoms with E-state index in [4.69, 9.17) is 4.74 Å². The van der Waals surface area contributed by atoms with Crippen LogP contribution < -0.4 is 10.4 Å². The van der Waals surface area contributed by atoms with E-state index in [0.717, 1.165) is 18.6 Å². The van der Waals surface area contributed by atoms with Crippen LogP contribution in [0.1, 0.15) is 10.4 Å². The molecule has 0 aliphatic carbocycles. The third-order valence-corrected chi connectivity index (χ3v) is 3.82. The highest BCUT2D eigenvalue weighted by Gasteiger charge is 2.20. The third kappa shape index (κ3) is 2.46. The number of amides is 1. The molecule has 2 heterocycles. The predicted molar refractivity (Wildman–Crippen MR) is 85.0 cm³/mol. The summed E-state index contributed by atoms with van der Waals surface area (Å²) >= 11 is 0. The number of fused-ring (bicyclic) bond motifs is 1. The number of morpholine rings is 1. The maximum Gasteiger partial charge on any atom is 0.258 e. The molecule has 1 amide bonds. The van der Waals surface area contributed by atoms with E-state index in [9.17, 15) is 9.59 Å². The minimum atomic E-state index is -0.280. The molecule has 0 radical (unpaired) electrons. The van der Waals surface area contributed by atoms with E-state index in [0.29, 0.717) is 18.6 Å². The monoisotopic (exact) mass is 301 g/mol. The molecular formula is C16H19N3O3. The fourth-order valence-electron chi connectivity index (χ4n) is 2.66. The molecular weight excluding hydrogens is 282 g/mol. The Morgan fingerprint density at radius 1 is 1.18 bits per heavy atom. The number of pyridine rings is 1. The number of rotatable bonds is 2. The van der Waals surface area contributed by atoms with Gasteiger partial charge in [0.1, 0.15) is 5.56 Å². The summed E-state index contributed by atoms with van der Waals surface area (Å²) in [6.45, 7) is 2.72. The quantitative estimate of drug-likeness (QED) is 0.818. The zero-order chi connectivity index (χ0) is 15.7. The number of nitrogens with zero attached hydrogens (tertiary/aromatic N) is 3. The van der Waals surface area contributed by atoms with Crippen molar-refractivity contribution in [1.82, 2.24) is 9.58 Å². The van der Waals surface area contributed by atoms with Gasteiger partial charge < -0.3 is 14.6 Å². The van der Waals surface area contributed by atoms with E-state index >= 15 is 0 Å². The molecule has 0 spiro atoms. The van der Waals surface area contributed by atoms with Crippen LogP contribution in [-0.2, 0) is 4.74 Å². The van der Waals surface area contributed by atoms with Gasteiger partial charge in [-0.1, -0.05) is 12.1 Å². The first-order valence-corrected chi connectivity index (χ1v) is 7.28. The van der Waals surface area contributed by atoms with E-state index in [1.807, 2.05) is 22.9 Å². The molecule has 1 aliphatic heterocycles. The zero-order valence-corrected chi connectivity index (χ0v) is 12.8. The standard InChI is InChI=1S/C16H19N3O3/c1-17(2)16(21)13-11-19(18-7-9-22-10-8-18)14-6-4-3-5-12(14)15(13)20/h3-6,11H,7-10H2,1-2H3. The van der Waals surface area contributed by atoms with Crippen LogP contribution >= 0.6 is 0 Å². The first-order valence-electron chi connectivity index (χ1n) is 7.28. The molecule has 0 atom stereocenters. The van der Waals surface area contributed by atoms with Crippen LogP contribution in [0.25, 0.3) is 10.9 Å². The highest BCUT2D eigenvalue weighted by atomic mass is 16.5. The Balaban J connectivity index is 2.23. The molecule has 1 aromatic heterocycles. The Bertz CT molecular complexity index is 761. The van der Waals surface area contributed by atoms with Crippen LogP contribution in [0.5, 0.6) is 0 Å². The average Bonchev–Trinajstić information content (AvgIpc) is 2.55. The third-order valence-electron chi connectivity index (χ3n) is 3.82. The molecule has 3 rings (SSSR count). The van der Waals surface area contributed by atoms with Gasteiger partial charge in [0.25, 0.3) is 5.91 Å². The van der Waals surface area contributed by atoms with Gasteiger partial charge in [-0.25, -0.2) is 0 Å². The summed E-state index contributed by atoms with van der Waals surface area (Å²) in [4.78, 5) is 26.3. The van der Waals surface area contributed by atoms with Gasteiger partial charge in [0.2, 0.25) is 5.43 Å². The topological polar surface area (TPSA) is 54.8 Å². The number of ether oxygens (including phenoxy) is 1. The molecule has 1 fully saturated rings. The summed E-state index contributed by atoms with van der Waals surface area (Å²) in [6, 6.07) is 7.38. The van der Waals surface area contributed by atoms with Crippen molar-refractivity contribution < 1.29 is 9.53 Å². The van der Waals surface area contributed by atoms with Crippen LogP contribution in [0.15, 0.2) is 35.3 Å². The van der Waals surface area contributed by atoms with E-state index in [-0.39, 0.29) is 16.9 Å². The normalized spacial score (nSPS) is 15.1. The van der Waals surface area contributed by atoms with Crippen molar-refractivity contribution >= 4 is 16.8 Å². The maximum atomic E-state index is 12.6. The fourth-order valence-corrected chi connectivity index (χ4v) is 2.66. The van der Waals surface area contributed by atoms with Gasteiger partial charge in [0, 0.05) is 25.7 Å². The lowest BCUT2D eigenvalue weighted by atomic mass is 10.1. The summed E-state index contributed by atoms with van der Waals surface area (Å²) in [5.41, 5.74) is 0.777. The SMILES string of the molecule is CN(C)C(=O)c1cn(N2CCOCC2)c2ccccc2c1=O. The number of carbonyl (C=O) groups is 1. The van der Waals surface area contributed by atoms with Crippen molar-refractivity contribution in [1.29, 1.82) is 0 Å². The van der Waals surface area contributed by atoms with Crippen LogP contribution in [0.3, 0.4) is 0 Å². The summed E-state index contributed by atoms with van der Waals surface area (Å²) < 4.78 is 7.29. The van der Waals surface area contributed by atoms with E-state index in [1.165, 1.54) is 4.90 Å². The average molecular weight is 301 g/mol. The number of hydrogen-bond donors (Lipinski definition) is 0. The van der Waals surface area contributed by atoms with E-state index in [2.05, 4.69) is 5.01 Å². The second-order valence-electron chi connectivity index (χ2n) is 5.50. The number of para-hydroxylation sites is 1. The van der Waals surface area contributed by atoms with Crippen molar-refractivity contribution in [2.45, 2.75) is 0 Å². The van der Waals surface area contributed by atoms with Crippen molar-refractivity contribution in [3.05, 3.63) is 46.2 Å². The van der Waals surface area contributed by atoms with Gasteiger partial charge in [-0.05, 0) is 12.1 Å². The summed E-state index contributed by atoms with van der Waals surface area (Å²) in [7, 11) is 3.30. The molecule has 0 N–H and O–H groups in total. The molecule has 116 valence electrons. The molecule has 0 saturated carbocycles. The van der Waals surface area contributed by atoms with Crippen LogP contribution in [-0.4, -0.2) is 55.9 Å². The highest BCUT2D eigenvalue weighted by Crippen LogP contribution is 2.14. The highest BCUT2D eigenvalue weighted by molar-refractivity contribution is 5.97. The molecule has 0 bridgehead atoms. The second-order valence-corrected chi connectivity index (χ2v) is 5.50. The Morgan fingerprint density at radius 3 is 2.55 bits per heavy atom. The summed E-state index contributed by atoms with van der Waals surface area (Å²) in [5, 5.41) is 2.65. The van der Waals surface area contributed by atoms with Crippen LogP contribution in [0.2, 0.25) is 0 Å². The van der Waals surface area contributed by atoms with Gasteiger partial charge in [0.15, 0.2) is 0 Å². The lowest BCUT2D eigenvalue weighted by molar-refractivity contribution is 0.0825. The number of hydrogen-bond acceptors (Lipinski definition) is 4. The largest absolute Gasteiger partial charge is 0.378 e. The zero-order valence-electron chi connectivity index (χ0n) is 12.8. The minimum Gasteiger partial charge on any atom is -0.378 e. The maximum absolute atomic E-state index is 12.6. The van der Waals surface area contributed by atoms with Crippen molar-refractivity contribution in [2.75, 3.05) is 45.4 Å². The Labute approximate surface area is 128 Å². The second kappa shape index (κ2) is 5.81. The molecule has 22 heavy (non-hydrogen) atoms. The van der Waals surface area contributed by atoms with E-state index in [1.54, 1.807) is 26.4 Å². The van der Waals surface area contributed by atoms with Crippen molar-refractivity contribution in [3.8, 4) is 0 Å². The van der Waals surface area contributed by atoms with E-state index < -0.39 is 0 Å². The van der Waals surface area contributed by atoms with Gasteiger partial charge in [-0.15, -0.1) is 0 Å². The van der Waals surface area contributed by atoms with Gasteiger partial charge in [-0.3, -0.25) is 14.3 Å². The lowest BCUT2D eigenvalue weighted by Crippen LogP contribution is -2.45. The molecule has 2 aromatic rings. The number of carbonyl (C=O) groups excluding carboxylic acids is 1. The number of benzene rings is 1. The predicted octanol–water partition coefficient (Wildman–Crippen LogP) is 0.671. The van der Waals surface area contributed by atoms with Crippen LogP contribution in [0, 0.1) is 0 Å². The molecule has 6 nitrogen and oxygen atoms in total. The smallest absolute Gasteiger partial charge is 0.258 e.